The summed E-state index contributed by atoms with van der Waals surface area (Å²) in [6.45, 7) is 1.35. The number of hydrogen-bond acceptors (Lipinski definition) is 3. The normalized spacial score (nSPS) is 11.3. The number of halogens is 4. The maximum atomic E-state index is 13.1. The topological polar surface area (TPSA) is 52.4 Å². The van der Waals surface area contributed by atoms with Gasteiger partial charge in [0.05, 0.1) is 9.40 Å². The molecule has 0 fully saturated rings. The van der Waals surface area contributed by atoms with Gasteiger partial charge in [0.2, 0.25) is 0 Å². The van der Waals surface area contributed by atoms with Gasteiger partial charge < -0.3 is 4.74 Å². The third-order valence-corrected chi connectivity index (χ3v) is 3.51. The Kier molecular flexibility index (Phi) is 4.41. The van der Waals surface area contributed by atoms with E-state index in [9.17, 15) is 23.3 Å². The summed E-state index contributed by atoms with van der Waals surface area (Å²) < 4.78 is 45.1. The van der Waals surface area contributed by atoms with Gasteiger partial charge in [-0.3, -0.25) is 10.1 Å². The van der Waals surface area contributed by atoms with Gasteiger partial charge in [0.15, 0.2) is 0 Å². The molecule has 0 bridgehead atoms. The number of nitrogens with zero attached hydrogens (tertiary/aromatic N) is 1. The number of hydrogen-bond donors (Lipinski definition) is 0. The minimum Gasteiger partial charge on any atom is -0.456 e. The van der Waals surface area contributed by atoms with Crippen molar-refractivity contribution in [3.8, 4) is 11.5 Å². The van der Waals surface area contributed by atoms with Gasteiger partial charge in [-0.1, -0.05) is 12.1 Å². The molecule has 8 heteroatoms. The molecular weight excluding hydrogens is 367 g/mol. The number of nitro benzene ring substituents is 1. The summed E-state index contributed by atoms with van der Waals surface area (Å²) in [5, 5.41) is 10.8. The zero-order valence-electron chi connectivity index (χ0n) is 11.1. The average Bonchev–Trinajstić information content (AvgIpc) is 2.39. The lowest BCUT2D eigenvalue weighted by molar-refractivity contribution is -0.385. The molecule has 0 aliphatic carbocycles. The summed E-state index contributed by atoms with van der Waals surface area (Å²) in [7, 11) is 0. The van der Waals surface area contributed by atoms with Gasteiger partial charge in [-0.05, 0) is 41.1 Å². The summed E-state index contributed by atoms with van der Waals surface area (Å²) in [6, 6.07) is 7.89. The largest absolute Gasteiger partial charge is 0.456 e. The maximum absolute atomic E-state index is 13.1. The molecule has 0 aromatic heterocycles. The van der Waals surface area contributed by atoms with E-state index in [2.05, 4.69) is 15.9 Å². The van der Waals surface area contributed by atoms with Crippen LogP contribution in [0.2, 0.25) is 0 Å². The van der Waals surface area contributed by atoms with Gasteiger partial charge in [-0.25, -0.2) is 0 Å². The van der Waals surface area contributed by atoms with E-state index in [-0.39, 0.29) is 11.3 Å². The van der Waals surface area contributed by atoms with Gasteiger partial charge in [0, 0.05) is 11.6 Å². The number of ether oxygens (including phenoxy) is 1. The fourth-order valence-electron chi connectivity index (χ4n) is 1.82. The van der Waals surface area contributed by atoms with E-state index in [1.165, 1.54) is 13.0 Å². The molecule has 0 spiro atoms. The fraction of sp³-hybridized carbons (Fsp3) is 0.143. The first-order valence-corrected chi connectivity index (χ1v) is 6.78. The Balaban J connectivity index is 2.57. The van der Waals surface area contributed by atoms with Crippen LogP contribution in [-0.2, 0) is 6.18 Å². The van der Waals surface area contributed by atoms with E-state index in [4.69, 9.17) is 4.74 Å². The Bertz CT molecular complexity index is 732. The van der Waals surface area contributed by atoms with E-state index < -0.39 is 28.1 Å². The standard InChI is InChI=1S/C14H9BrF3NO3/c1-8-6-13(22-12-5-3-2-4-10(12)15)9(14(16,17)18)7-11(8)19(20)21/h2-7H,1H3. The summed E-state index contributed by atoms with van der Waals surface area (Å²) in [5.74, 6) is -0.302. The van der Waals surface area contributed by atoms with Crippen molar-refractivity contribution in [1.82, 2.24) is 0 Å². The first-order valence-electron chi connectivity index (χ1n) is 5.98. The minimum absolute atomic E-state index is 0.0834. The van der Waals surface area contributed by atoms with Crippen molar-refractivity contribution in [1.29, 1.82) is 0 Å². The molecule has 0 unspecified atom stereocenters. The first kappa shape index (κ1) is 16.3. The van der Waals surface area contributed by atoms with Crippen LogP contribution in [0.15, 0.2) is 40.9 Å². The van der Waals surface area contributed by atoms with Gasteiger partial charge in [-0.2, -0.15) is 13.2 Å². The highest BCUT2D eigenvalue weighted by Crippen LogP contribution is 2.42. The van der Waals surface area contributed by atoms with Crippen molar-refractivity contribution < 1.29 is 22.8 Å². The van der Waals surface area contributed by atoms with Crippen molar-refractivity contribution in [2.45, 2.75) is 13.1 Å². The van der Waals surface area contributed by atoms with Gasteiger partial charge in [-0.15, -0.1) is 0 Å². The molecular formula is C14H9BrF3NO3. The molecule has 0 aliphatic rings. The van der Waals surface area contributed by atoms with E-state index in [0.717, 1.165) is 6.07 Å². The van der Waals surface area contributed by atoms with Crippen LogP contribution in [0.25, 0.3) is 0 Å². The third-order valence-electron chi connectivity index (χ3n) is 2.86. The van der Waals surface area contributed by atoms with Crippen molar-refractivity contribution in [2.24, 2.45) is 0 Å². The molecule has 0 atom stereocenters. The lowest BCUT2D eigenvalue weighted by Gasteiger charge is -2.15. The molecule has 0 heterocycles. The SMILES string of the molecule is Cc1cc(Oc2ccccc2Br)c(C(F)(F)F)cc1[N+](=O)[O-]. The second-order valence-corrected chi connectivity index (χ2v) is 5.28. The summed E-state index contributed by atoms with van der Waals surface area (Å²) in [5.41, 5.74) is -1.72. The summed E-state index contributed by atoms with van der Waals surface area (Å²) >= 11 is 3.17. The monoisotopic (exact) mass is 375 g/mol. The van der Waals surface area contributed by atoms with Crippen molar-refractivity contribution in [3.05, 3.63) is 62.1 Å². The molecule has 0 radical (unpaired) electrons. The van der Waals surface area contributed by atoms with Gasteiger partial charge in [0.25, 0.3) is 5.69 Å². The number of nitro groups is 1. The van der Waals surface area contributed by atoms with Crippen LogP contribution in [0.1, 0.15) is 11.1 Å². The number of aryl methyl sites for hydroxylation is 1. The van der Waals surface area contributed by atoms with Gasteiger partial charge in [0.1, 0.15) is 17.1 Å². The number of alkyl halides is 3. The molecule has 2 rings (SSSR count). The van der Waals surface area contributed by atoms with E-state index >= 15 is 0 Å². The van der Waals surface area contributed by atoms with Crippen molar-refractivity contribution in [3.63, 3.8) is 0 Å². The Morgan fingerprint density at radius 2 is 1.82 bits per heavy atom. The maximum Gasteiger partial charge on any atom is 0.420 e. The zero-order valence-corrected chi connectivity index (χ0v) is 12.7. The molecule has 2 aromatic carbocycles. The Morgan fingerprint density at radius 1 is 1.18 bits per heavy atom. The Labute approximate surface area is 131 Å². The highest BCUT2D eigenvalue weighted by molar-refractivity contribution is 9.10. The molecule has 0 saturated heterocycles. The molecule has 116 valence electrons. The van der Waals surface area contributed by atoms with Crippen molar-refractivity contribution in [2.75, 3.05) is 0 Å². The van der Waals surface area contributed by atoms with E-state index in [0.29, 0.717) is 10.5 Å². The lowest BCUT2D eigenvalue weighted by Crippen LogP contribution is -2.09. The first-order chi connectivity index (χ1) is 10.2. The van der Waals surface area contributed by atoms with E-state index in [1.807, 2.05) is 0 Å². The predicted octanol–water partition coefficient (Wildman–Crippen LogP) is 5.48. The van der Waals surface area contributed by atoms with Crippen LogP contribution in [0, 0.1) is 17.0 Å². The number of rotatable bonds is 3. The molecule has 0 aliphatic heterocycles. The number of para-hydroxylation sites is 1. The quantitative estimate of drug-likeness (QED) is 0.527. The van der Waals surface area contributed by atoms with Crippen molar-refractivity contribution >= 4 is 21.6 Å². The fourth-order valence-corrected chi connectivity index (χ4v) is 2.18. The highest BCUT2D eigenvalue weighted by Gasteiger charge is 2.37. The number of benzene rings is 2. The molecule has 0 N–H and O–H groups in total. The molecule has 22 heavy (non-hydrogen) atoms. The summed E-state index contributed by atoms with van der Waals surface area (Å²) in [4.78, 5) is 9.96. The highest BCUT2D eigenvalue weighted by atomic mass is 79.9. The lowest BCUT2D eigenvalue weighted by atomic mass is 10.1. The zero-order chi connectivity index (χ0) is 16.5. The Morgan fingerprint density at radius 3 is 2.36 bits per heavy atom. The van der Waals surface area contributed by atoms with Crippen LogP contribution in [-0.4, -0.2) is 4.92 Å². The van der Waals surface area contributed by atoms with Crippen LogP contribution >= 0.6 is 15.9 Å². The third kappa shape index (κ3) is 3.38. The molecule has 2 aromatic rings. The van der Waals surface area contributed by atoms with E-state index in [1.54, 1.807) is 18.2 Å². The van der Waals surface area contributed by atoms with Crippen LogP contribution < -0.4 is 4.74 Å². The second kappa shape index (κ2) is 5.96. The van der Waals surface area contributed by atoms with Crippen LogP contribution in [0.4, 0.5) is 18.9 Å². The molecule has 4 nitrogen and oxygen atoms in total. The predicted molar refractivity (Wildman–Crippen MR) is 77.1 cm³/mol. The van der Waals surface area contributed by atoms with Crippen LogP contribution in [0.3, 0.4) is 0 Å². The smallest absolute Gasteiger partial charge is 0.420 e. The van der Waals surface area contributed by atoms with Gasteiger partial charge >= 0.3 is 6.18 Å². The van der Waals surface area contributed by atoms with Crippen LogP contribution in [0.5, 0.6) is 11.5 Å². The molecule has 0 amide bonds. The average molecular weight is 376 g/mol. The molecule has 0 saturated carbocycles. The Hall–Kier alpha value is -2.09. The second-order valence-electron chi connectivity index (χ2n) is 4.42. The minimum atomic E-state index is -4.77. The summed E-state index contributed by atoms with van der Waals surface area (Å²) in [6.07, 6.45) is -4.77.